The molecule has 0 aliphatic rings. The Bertz CT molecular complexity index is 69.8. The van der Waals surface area contributed by atoms with Crippen molar-refractivity contribution in [1.29, 1.82) is 0 Å². The van der Waals surface area contributed by atoms with Crippen LogP contribution in [-0.2, 0) is 13.8 Å². The first-order valence-electron chi connectivity index (χ1n) is 0.730. The minimum Gasteiger partial charge on any atom is -1.00 e. The monoisotopic (exact) mass is 120 g/mol. The van der Waals surface area contributed by atoms with Crippen molar-refractivity contribution in [2.75, 3.05) is 0 Å². The van der Waals surface area contributed by atoms with Crippen molar-refractivity contribution in [2.45, 2.75) is 0 Å². The van der Waals surface area contributed by atoms with Crippen LogP contribution in [0.25, 0.3) is 0 Å². The zero-order valence-electron chi connectivity index (χ0n) is 4.12. The molecule has 0 fully saturated rings. The third kappa shape index (κ3) is 8.84. The quantitative estimate of drug-likeness (QED) is 0.182. The van der Waals surface area contributed by atoms with E-state index < -0.39 is 7.91 Å². The fourth-order valence-corrected chi connectivity index (χ4v) is 0. The summed E-state index contributed by atoms with van der Waals surface area (Å²) in [5.74, 6) is 0. The van der Waals surface area contributed by atoms with E-state index in [1.54, 1.807) is 0 Å². The maximum Gasteiger partial charge on any atom is 1.00 e. The van der Waals surface area contributed by atoms with E-state index in [0.29, 0.717) is 0 Å². The Morgan fingerprint density at radius 1 is 1.67 bits per heavy atom. The van der Waals surface area contributed by atoms with Gasteiger partial charge in [-0.25, -0.2) is 14.4 Å². The Balaban J connectivity index is -0.0000000800. The van der Waals surface area contributed by atoms with Gasteiger partial charge in [0.15, 0.2) is 0 Å². The van der Waals surface area contributed by atoms with Gasteiger partial charge < -0.3 is 1.43 Å². The van der Waals surface area contributed by atoms with Crippen molar-refractivity contribution in [3.8, 4) is 0 Å². The molecule has 0 saturated carbocycles. The summed E-state index contributed by atoms with van der Waals surface area (Å²) in [5, 5.41) is 7.05. The number of hydrogen-bond donors (Lipinski definition) is 1. The summed E-state index contributed by atoms with van der Waals surface area (Å²) < 4.78 is 20.6. The summed E-state index contributed by atoms with van der Waals surface area (Å²) in [7, 11) is -3.04. The predicted molar refractivity (Wildman–Crippen MR) is 13.1 cm³/mol. The molecule has 0 aromatic heterocycles. The van der Waals surface area contributed by atoms with Gasteiger partial charge in [-0.15, -0.1) is 4.67 Å². The van der Waals surface area contributed by atoms with Crippen molar-refractivity contribution in [1.82, 2.24) is 0 Å². The van der Waals surface area contributed by atoms with Crippen LogP contribution in [0.15, 0.2) is 0 Å². The van der Waals surface area contributed by atoms with E-state index in [2.05, 4.69) is 4.67 Å². The van der Waals surface area contributed by atoms with E-state index in [-0.39, 0.29) is 31.0 Å². The van der Waals surface area contributed by atoms with Crippen molar-refractivity contribution in [3.63, 3.8) is 0 Å². The zero-order valence-corrected chi connectivity index (χ0v) is 6.01. The Kier molecular flexibility index (Phi) is 9.65. The van der Waals surface area contributed by atoms with Gasteiger partial charge in [0.2, 0.25) is 0 Å². The molecule has 32 valence electrons. The van der Waals surface area contributed by atoms with Crippen molar-refractivity contribution in [3.05, 3.63) is 0 Å². The van der Waals surface area contributed by atoms with E-state index in [4.69, 9.17) is 14.4 Å². The van der Waals surface area contributed by atoms with Crippen molar-refractivity contribution >= 4 is 7.91 Å². The summed E-state index contributed by atoms with van der Waals surface area (Å²) in [4.78, 5) is 0. The molecule has 0 amide bonds. The van der Waals surface area contributed by atoms with Crippen LogP contribution in [-0.4, -0.2) is 5.26 Å². The Labute approximate surface area is 58.1 Å². The average molecular weight is 120 g/mol. The van der Waals surface area contributed by atoms with E-state index in [1.165, 1.54) is 0 Å². The second kappa shape index (κ2) is 5.82. The largest absolute Gasteiger partial charge is 1.00 e. The van der Waals surface area contributed by atoms with Gasteiger partial charge in [0.25, 0.3) is 0 Å². The summed E-state index contributed by atoms with van der Waals surface area (Å²) in [6.07, 6.45) is 0. The molecule has 0 radical (unpaired) electrons. The third-order valence-electron chi connectivity index (χ3n) is 0.0667. The Morgan fingerprint density at radius 2 is 1.83 bits per heavy atom. The molecule has 0 aliphatic heterocycles. The second-order valence-electron chi connectivity index (χ2n) is 0.305. The van der Waals surface area contributed by atoms with Crippen LogP contribution < -0.4 is 29.6 Å². The average Bonchev–Trinajstić information content (AvgIpc) is 1.38. The molecule has 0 unspecified atom stereocenters. The maximum atomic E-state index is 8.93. The van der Waals surface area contributed by atoms with Crippen LogP contribution in [0.3, 0.4) is 0 Å². The van der Waals surface area contributed by atoms with E-state index in [1.807, 2.05) is 0 Å². The minimum atomic E-state index is -3.04. The molecule has 6 heavy (non-hydrogen) atoms. The van der Waals surface area contributed by atoms with Crippen LogP contribution >= 0.6 is 7.91 Å². The standard InChI is InChI=1S/Na.HO4P.H/c;1-4-5(2)3;/h;1H;/q+1;;-1. The molecular formula is H2NaO4P. The van der Waals surface area contributed by atoms with Crippen LogP contribution in [0.4, 0.5) is 0 Å². The molecule has 0 saturated heterocycles. The fourth-order valence-electron chi connectivity index (χ4n) is 0. The first-order chi connectivity index (χ1) is 2.27. The molecule has 0 aliphatic carbocycles. The molecule has 6 heteroatoms. The number of rotatable bonds is 1. The van der Waals surface area contributed by atoms with Crippen LogP contribution in [0.2, 0.25) is 0 Å². The van der Waals surface area contributed by atoms with Gasteiger partial charge in [0.05, 0.1) is 0 Å². The fraction of sp³-hybridized carbons (Fsp3) is 0. The molecule has 0 heterocycles. The topological polar surface area (TPSA) is 63.6 Å². The molecule has 1 N–H and O–H groups in total. The Hall–Kier alpha value is 0.820. The maximum absolute atomic E-state index is 8.93. The van der Waals surface area contributed by atoms with Crippen molar-refractivity contribution in [2.24, 2.45) is 0 Å². The summed E-state index contributed by atoms with van der Waals surface area (Å²) in [5.41, 5.74) is 0. The van der Waals surface area contributed by atoms with Crippen LogP contribution in [0.1, 0.15) is 1.43 Å². The molecule has 0 atom stereocenters. The van der Waals surface area contributed by atoms with Crippen LogP contribution in [0.5, 0.6) is 0 Å². The van der Waals surface area contributed by atoms with Crippen molar-refractivity contribution < 1.29 is 50.0 Å². The summed E-state index contributed by atoms with van der Waals surface area (Å²) in [6.45, 7) is 0. The van der Waals surface area contributed by atoms with Gasteiger partial charge in [-0.1, -0.05) is 0 Å². The first kappa shape index (κ1) is 9.94. The minimum absolute atomic E-state index is 0. The molecule has 0 aromatic carbocycles. The molecule has 0 spiro atoms. The van der Waals surface area contributed by atoms with Gasteiger partial charge in [0.1, 0.15) is 0 Å². The van der Waals surface area contributed by atoms with E-state index >= 15 is 0 Å². The van der Waals surface area contributed by atoms with Gasteiger partial charge in [-0.2, -0.15) is 0 Å². The molecule has 0 bridgehead atoms. The van der Waals surface area contributed by atoms with Crippen LogP contribution in [0, 0.1) is 0 Å². The van der Waals surface area contributed by atoms with Gasteiger partial charge in [-0.3, -0.25) is 0 Å². The first-order valence-corrected chi connectivity index (χ1v) is 1.83. The smallest absolute Gasteiger partial charge is 1.00 e. The number of hydrogen-bond acceptors (Lipinski definition) is 4. The molecule has 4 nitrogen and oxygen atoms in total. The van der Waals surface area contributed by atoms with E-state index in [9.17, 15) is 0 Å². The summed E-state index contributed by atoms with van der Waals surface area (Å²) >= 11 is 0. The molecule has 0 rings (SSSR count). The zero-order chi connectivity index (χ0) is 4.28. The molecular weight excluding hydrogens is 118 g/mol. The second-order valence-corrected chi connectivity index (χ2v) is 0.916. The van der Waals surface area contributed by atoms with Gasteiger partial charge >= 0.3 is 37.5 Å². The Morgan fingerprint density at radius 3 is 1.83 bits per heavy atom. The third-order valence-corrected chi connectivity index (χ3v) is 0.200. The normalized spacial score (nSPS) is 6.17. The predicted octanol–water partition coefficient (Wildman–Crippen LogP) is -2.32. The molecule has 0 aromatic rings. The summed E-state index contributed by atoms with van der Waals surface area (Å²) in [6, 6.07) is 0. The SMILES string of the molecule is O=P(=O)OO.[H-].[Na+]. The van der Waals surface area contributed by atoms with E-state index in [0.717, 1.165) is 0 Å². The van der Waals surface area contributed by atoms with Gasteiger partial charge in [0, 0.05) is 0 Å². The van der Waals surface area contributed by atoms with Gasteiger partial charge in [-0.05, 0) is 0 Å².